The molecule has 8 rings (SSSR count). The predicted molar refractivity (Wildman–Crippen MR) is 253 cm³/mol. The van der Waals surface area contributed by atoms with E-state index in [1.54, 1.807) is 62.4 Å². The van der Waals surface area contributed by atoms with Gasteiger partial charge in [-0.05, 0) is 152 Å². The summed E-state index contributed by atoms with van der Waals surface area (Å²) < 4.78 is 67.8. The molecule has 2 aliphatic rings. The monoisotopic (exact) mass is 972 g/mol. The van der Waals surface area contributed by atoms with E-state index >= 15 is 0 Å². The van der Waals surface area contributed by atoms with Gasteiger partial charge in [0, 0.05) is 34.2 Å². The van der Waals surface area contributed by atoms with Gasteiger partial charge in [-0.1, -0.05) is 12.1 Å². The van der Waals surface area contributed by atoms with Gasteiger partial charge in [0.2, 0.25) is 19.7 Å². The zero-order valence-electron chi connectivity index (χ0n) is 38.6. The Bertz CT molecular complexity index is 2860. The summed E-state index contributed by atoms with van der Waals surface area (Å²) in [4.78, 5) is 49.8. The average Bonchev–Trinajstić information content (AvgIpc) is 3.98. The molecule has 6 aromatic rings. The van der Waals surface area contributed by atoms with Crippen LogP contribution in [0.5, 0.6) is 11.5 Å². The highest BCUT2D eigenvalue weighted by Crippen LogP contribution is 2.37. The Hall–Kier alpha value is -6.16. The highest BCUT2D eigenvalue weighted by molar-refractivity contribution is 7.92. The number of benzene rings is 4. The lowest BCUT2D eigenvalue weighted by molar-refractivity contribution is -0.176. The van der Waals surface area contributed by atoms with Crippen LogP contribution in [0.2, 0.25) is 0 Å². The normalized spacial score (nSPS) is 16.6. The topological polar surface area (TPSA) is 224 Å². The molecule has 2 unspecified atom stereocenters. The maximum Gasteiger partial charge on any atom is 0.363 e. The molecule has 0 aliphatic carbocycles. The Kier molecular flexibility index (Phi) is 13.8. The van der Waals surface area contributed by atoms with Crippen molar-refractivity contribution in [3.8, 4) is 11.5 Å². The molecule has 0 spiro atoms. The Morgan fingerprint density at radius 2 is 0.971 bits per heavy atom. The van der Waals surface area contributed by atoms with Crippen molar-refractivity contribution in [2.45, 2.75) is 83.4 Å². The summed E-state index contributed by atoms with van der Waals surface area (Å²) in [5, 5.41) is 26.1. The lowest BCUT2D eigenvalue weighted by Crippen LogP contribution is -2.51. The van der Waals surface area contributed by atoms with Crippen LogP contribution in [-0.4, -0.2) is 138 Å². The van der Waals surface area contributed by atoms with E-state index in [2.05, 4.69) is 19.8 Å². The fraction of sp³-hybridized carbons (Fsp3) is 0.375. The van der Waals surface area contributed by atoms with Crippen molar-refractivity contribution in [1.29, 1.82) is 0 Å². The van der Waals surface area contributed by atoms with Crippen LogP contribution in [0.15, 0.2) is 105 Å². The number of rotatable bonds is 15. The molecule has 0 bridgehead atoms. The molecule has 4 heterocycles. The molecular formula is C48H56N6O12S2. The summed E-state index contributed by atoms with van der Waals surface area (Å²) >= 11 is 0. The van der Waals surface area contributed by atoms with Crippen molar-refractivity contribution in [2.24, 2.45) is 0 Å². The number of nitrogens with zero attached hydrogens (tertiary/aromatic N) is 4. The fourth-order valence-electron chi connectivity index (χ4n) is 8.75. The van der Waals surface area contributed by atoms with Crippen LogP contribution >= 0.6 is 0 Å². The third-order valence-electron chi connectivity index (χ3n) is 12.9. The highest BCUT2D eigenvalue weighted by Gasteiger charge is 2.40. The molecule has 68 heavy (non-hydrogen) atoms. The minimum Gasteiger partial charge on any atom is -0.497 e. The van der Waals surface area contributed by atoms with Crippen LogP contribution in [0.4, 0.5) is 11.4 Å². The second-order valence-electron chi connectivity index (χ2n) is 17.5. The molecule has 2 aromatic heterocycles. The number of H-pyrrole nitrogens is 2. The number of hydrogen-bond acceptors (Lipinski definition) is 16. The predicted octanol–water partition coefficient (Wildman–Crippen LogP) is 5.09. The summed E-state index contributed by atoms with van der Waals surface area (Å²) in [6, 6.07) is 18.0. The van der Waals surface area contributed by atoms with Crippen molar-refractivity contribution in [2.75, 3.05) is 64.6 Å². The van der Waals surface area contributed by atoms with Crippen molar-refractivity contribution in [3.05, 3.63) is 96.3 Å². The summed E-state index contributed by atoms with van der Waals surface area (Å²) in [6.07, 6.45) is -0.183. The quantitative estimate of drug-likeness (QED) is 0.0984. The van der Waals surface area contributed by atoms with Gasteiger partial charge in [0.15, 0.2) is 12.2 Å². The van der Waals surface area contributed by atoms with Gasteiger partial charge in [0.25, 0.3) is 0 Å². The zero-order valence-corrected chi connectivity index (χ0v) is 40.3. The highest BCUT2D eigenvalue weighted by atomic mass is 32.2. The van der Waals surface area contributed by atoms with Crippen LogP contribution in [0, 0.1) is 13.8 Å². The van der Waals surface area contributed by atoms with Crippen LogP contribution in [0.3, 0.4) is 0 Å². The van der Waals surface area contributed by atoms with E-state index in [9.17, 15) is 36.6 Å². The SMILES string of the molecule is COc1ccc2[nH]cc(S(=O)(=O)c3ccc(C)c(N(OC(=O)C(O)C(O)C(=O)ON(c4cc(S(=O)(=O)c5c[nH]c6ccc(OC)cc56)ccc4C)C4CCN(C)CC4)C4CCN(C)CC4)c3)c2c1. The molecule has 20 heteroatoms. The number of nitrogens with one attached hydrogen (secondary N) is 2. The van der Waals surface area contributed by atoms with Gasteiger partial charge >= 0.3 is 11.9 Å². The maximum absolute atomic E-state index is 14.3. The third kappa shape index (κ3) is 9.48. The number of anilines is 2. The van der Waals surface area contributed by atoms with E-state index in [1.807, 2.05) is 14.1 Å². The van der Waals surface area contributed by atoms with E-state index in [4.69, 9.17) is 19.1 Å². The largest absolute Gasteiger partial charge is 0.497 e. The molecule has 18 nitrogen and oxygen atoms in total. The number of sulfone groups is 2. The maximum atomic E-state index is 14.3. The Morgan fingerprint density at radius 3 is 1.32 bits per heavy atom. The van der Waals surface area contributed by atoms with Gasteiger partial charge in [-0.3, -0.25) is 0 Å². The minimum atomic E-state index is -4.17. The number of fused-ring (bicyclic) bond motifs is 2. The van der Waals surface area contributed by atoms with Gasteiger partial charge in [0.05, 0.1) is 57.3 Å². The molecule has 2 fully saturated rings. The number of aromatic nitrogens is 2. The second kappa shape index (κ2) is 19.4. The standard InChI is InChI=1S/C48H56N6O12S2/c1-29-7-11-35(67(59,60)43-27-49-39-13-9-33(63-5)23-37(39)43)25-41(29)53(31-15-19-51(3)20-16-31)65-47(57)45(55)46(56)48(58)66-54(32-17-21-52(4)22-18-32)42-26-36(12-8-30(42)2)68(61,62)44-28-50-40-14-10-34(64-6)24-38(40)44/h7-14,23-28,31-32,45-46,49-50,55-56H,15-22H2,1-6H3. The molecule has 4 N–H and O–H groups in total. The summed E-state index contributed by atoms with van der Waals surface area (Å²) in [5.74, 6) is -1.85. The molecule has 0 amide bonds. The first-order valence-electron chi connectivity index (χ1n) is 22.2. The van der Waals surface area contributed by atoms with E-state index in [0.717, 1.165) is 0 Å². The van der Waals surface area contributed by atoms with Gasteiger partial charge in [-0.2, -0.15) is 0 Å². The van der Waals surface area contributed by atoms with E-state index in [-0.39, 0.29) is 31.0 Å². The van der Waals surface area contributed by atoms with E-state index in [0.29, 0.717) is 96.3 Å². The molecule has 2 aliphatic heterocycles. The number of carbonyl (C=O) groups excluding carboxylic acids is 2. The number of aryl methyl sites for hydroxylation is 2. The van der Waals surface area contributed by atoms with Crippen LogP contribution < -0.4 is 19.6 Å². The molecule has 2 atom stereocenters. The van der Waals surface area contributed by atoms with E-state index < -0.39 is 55.9 Å². The zero-order chi connectivity index (χ0) is 48.7. The number of ether oxygens (including phenoxy) is 2. The van der Waals surface area contributed by atoms with Gasteiger partial charge in [-0.15, -0.1) is 0 Å². The Balaban J connectivity index is 1.07. The number of aliphatic hydroxyl groups is 2. The smallest absolute Gasteiger partial charge is 0.363 e. The van der Waals surface area contributed by atoms with Crippen molar-refractivity contribution < 1.29 is 55.8 Å². The molecular weight excluding hydrogens is 917 g/mol. The first-order chi connectivity index (χ1) is 32.4. The van der Waals surface area contributed by atoms with Crippen molar-refractivity contribution >= 4 is 64.8 Å². The summed E-state index contributed by atoms with van der Waals surface area (Å²) in [6.45, 7) is 5.87. The van der Waals surface area contributed by atoms with Crippen molar-refractivity contribution in [1.82, 2.24) is 19.8 Å². The van der Waals surface area contributed by atoms with Crippen molar-refractivity contribution in [3.63, 3.8) is 0 Å². The fourth-order valence-corrected chi connectivity index (χ4v) is 11.6. The lowest BCUT2D eigenvalue weighted by atomic mass is 10.0. The van der Waals surface area contributed by atoms with E-state index in [1.165, 1.54) is 61.0 Å². The Labute approximate surface area is 394 Å². The van der Waals surface area contributed by atoms with Gasteiger partial charge < -0.3 is 49.1 Å². The molecule has 0 saturated carbocycles. The number of aromatic amines is 2. The number of hydroxylamine groups is 2. The molecule has 4 aromatic carbocycles. The number of likely N-dealkylation sites (tertiary alicyclic amines) is 2. The van der Waals surface area contributed by atoms with Gasteiger partial charge in [0.1, 0.15) is 11.5 Å². The first-order valence-corrected chi connectivity index (χ1v) is 25.1. The van der Waals surface area contributed by atoms with Crippen LogP contribution in [0.25, 0.3) is 21.8 Å². The number of piperidine rings is 2. The summed E-state index contributed by atoms with van der Waals surface area (Å²) in [7, 11) is -1.48. The minimum absolute atomic E-state index is 0.00857. The third-order valence-corrected chi connectivity index (χ3v) is 16.5. The lowest BCUT2D eigenvalue weighted by Gasteiger charge is -2.38. The number of methoxy groups -OCH3 is 2. The first kappa shape index (κ1) is 48.3. The second-order valence-corrected chi connectivity index (χ2v) is 21.3. The molecule has 2 saturated heterocycles. The number of carbonyl (C=O) groups is 2. The van der Waals surface area contributed by atoms with Gasteiger partial charge in [-0.25, -0.2) is 36.6 Å². The molecule has 0 radical (unpaired) electrons. The molecule has 362 valence electrons. The van der Waals surface area contributed by atoms with Crippen LogP contribution in [0.1, 0.15) is 36.8 Å². The number of hydrogen-bond donors (Lipinski definition) is 4. The number of aliphatic hydroxyl groups excluding tert-OH is 2. The van der Waals surface area contributed by atoms with Crippen LogP contribution in [-0.2, 0) is 38.9 Å². The summed E-state index contributed by atoms with van der Waals surface area (Å²) in [5.41, 5.74) is 2.70. The Morgan fingerprint density at radius 1 is 0.603 bits per heavy atom. The average molecular weight is 973 g/mol.